The van der Waals surface area contributed by atoms with Crippen LogP contribution >= 0.6 is 0 Å². The summed E-state index contributed by atoms with van der Waals surface area (Å²) in [5, 5.41) is 0. The van der Waals surface area contributed by atoms with Crippen molar-refractivity contribution in [2.75, 3.05) is 6.61 Å². The van der Waals surface area contributed by atoms with Crippen LogP contribution in [0.2, 0.25) is 0 Å². The molecule has 1 heteroatoms. The number of hydrogen-bond donors (Lipinski definition) is 0. The highest BCUT2D eigenvalue weighted by Gasteiger charge is 2.27. The molecule has 1 aliphatic carbocycles. The van der Waals surface area contributed by atoms with E-state index in [0.717, 1.165) is 30.6 Å². The molecule has 29 heavy (non-hydrogen) atoms. The molecule has 0 saturated heterocycles. The van der Waals surface area contributed by atoms with Gasteiger partial charge in [-0.05, 0) is 61.1 Å². The van der Waals surface area contributed by atoms with Crippen LogP contribution < -0.4 is 4.74 Å². The van der Waals surface area contributed by atoms with Gasteiger partial charge in [0, 0.05) is 0 Å². The molecule has 0 bridgehead atoms. The number of allylic oxidation sites excluding steroid dienone is 1. The van der Waals surface area contributed by atoms with Crippen LogP contribution in [-0.4, -0.2) is 6.61 Å². The Hall–Kier alpha value is -1.24. The van der Waals surface area contributed by atoms with Crippen LogP contribution in [-0.2, 0) is 0 Å². The Labute approximate surface area is 181 Å². The Kier molecular flexibility index (Phi) is 12.2. The Morgan fingerprint density at radius 1 is 0.897 bits per heavy atom. The summed E-state index contributed by atoms with van der Waals surface area (Å²) in [7, 11) is 0. The zero-order valence-corrected chi connectivity index (χ0v) is 19.3. The summed E-state index contributed by atoms with van der Waals surface area (Å²) in [4.78, 5) is 0. The number of hydrogen-bond acceptors (Lipinski definition) is 1. The Morgan fingerprint density at radius 2 is 1.55 bits per heavy atom. The molecule has 1 nitrogen and oxygen atoms in total. The summed E-state index contributed by atoms with van der Waals surface area (Å²) >= 11 is 0. The summed E-state index contributed by atoms with van der Waals surface area (Å²) in [6.45, 7) is 9.47. The van der Waals surface area contributed by atoms with Gasteiger partial charge < -0.3 is 4.74 Å². The van der Waals surface area contributed by atoms with Gasteiger partial charge in [-0.25, -0.2) is 0 Å². The second-order valence-corrected chi connectivity index (χ2v) is 9.24. The first-order valence-electron chi connectivity index (χ1n) is 12.6. The summed E-state index contributed by atoms with van der Waals surface area (Å²) in [5.74, 6) is 3.46. The van der Waals surface area contributed by atoms with Crippen molar-refractivity contribution in [3.8, 4) is 5.75 Å². The van der Waals surface area contributed by atoms with Gasteiger partial charge >= 0.3 is 0 Å². The van der Waals surface area contributed by atoms with Crippen molar-refractivity contribution in [2.45, 2.75) is 110 Å². The third-order valence-electron chi connectivity index (χ3n) is 6.92. The molecule has 0 aromatic heterocycles. The maximum absolute atomic E-state index is 5.97. The van der Waals surface area contributed by atoms with Gasteiger partial charge in [0.15, 0.2) is 0 Å². The first-order chi connectivity index (χ1) is 14.3. The van der Waals surface area contributed by atoms with Crippen molar-refractivity contribution >= 4 is 0 Å². The van der Waals surface area contributed by atoms with Crippen LogP contribution in [0.25, 0.3) is 0 Å². The second-order valence-electron chi connectivity index (χ2n) is 9.24. The van der Waals surface area contributed by atoms with Gasteiger partial charge in [-0.2, -0.15) is 0 Å². The van der Waals surface area contributed by atoms with E-state index in [1.165, 1.54) is 89.0 Å². The summed E-state index contributed by atoms with van der Waals surface area (Å²) in [6, 6.07) is 9.00. The fourth-order valence-electron chi connectivity index (χ4n) is 5.05. The lowest BCUT2D eigenvalue weighted by atomic mass is 9.71. The minimum atomic E-state index is 0.632. The average molecular weight is 399 g/mol. The van der Waals surface area contributed by atoms with E-state index in [0.29, 0.717) is 5.92 Å². The first kappa shape index (κ1) is 24.0. The van der Waals surface area contributed by atoms with E-state index < -0.39 is 0 Å². The lowest BCUT2D eigenvalue weighted by Gasteiger charge is -2.34. The molecule has 0 amide bonds. The molecule has 1 aliphatic rings. The van der Waals surface area contributed by atoms with Gasteiger partial charge in [0.05, 0.1) is 6.61 Å². The summed E-state index contributed by atoms with van der Waals surface area (Å²) in [5.41, 5.74) is 1.48. The van der Waals surface area contributed by atoms with Crippen molar-refractivity contribution in [1.29, 1.82) is 0 Å². The van der Waals surface area contributed by atoms with E-state index in [4.69, 9.17) is 4.74 Å². The molecule has 0 aliphatic heterocycles. The van der Waals surface area contributed by atoms with Crippen molar-refractivity contribution in [1.82, 2.24) is 0 Å². The fourth-order valence-corrected chi connectivity index (χ4v) is 5.05. The lowest BCUT2D eigenvalue weighted by Crippen LogP contribution is -2.20. The number of benzene rings is 1. The standard InChI is InChI=1S/C28H46O/c1-4-7-9-10-12-23-29-27-21-19-26(20-22-27)28(13-6-3)25-17-15-24(16-18-25)14-11-8-5-2/h6,19-22,24-25,28H,3-5,7-18,23H2,1-2H3/t24-,25-,28?. The van der Waals surface area contributed by atoms with E-state index in [1.54, 1.807) is 0 Å². The van der Waals surface area contributed by atoms with E-state index in [-0.39, 0.29) is 0 Å². The normalized spacial score (nSPS) is 20.3. The van der Waals surface area contributed by atoms with Gasteiger partial charge in [-0.15, -0.1) is 6.58 Å². The predicted octanol–water partition coefficient (Wildman–Crippen LogP) is 9.08. The van der Waals surface area contributed by atoms with Crippen molar-refractivity contribution < 1.29 is 4.74 Å². The molecule has 1 atom stereocenters. The molecule has 1 unspecified atom stereocenters. The zero-order valence-electron chi connectivity index (χ0n) is 19.3. The van der Waals surface area contributed by atoms with Crippen LogP contribution in [0.15, 0.2) is 36.9 Å². The molecule has 0 radical (unpaired) electrons. The zero-order chi connectivity index (χ0) is 20.7. The van der Waals surface area contributed by atoms with Crippen LogP contribution in [0.5, 0.6) is 5.75 Å². The van der Waals surface area contributed by atoms with Gasteiger partial charge in [0.1, 0.15) is 5.75 Å². The number of ether oxygens (including phenoxy) is 1. The second kappa shape index (κ2) is 14.7. The highest BCUT2D eigenvalue weighted by Crippen LogP contribution is 2.41. The molecule has 1 aromatic rings. The minimum Gasteiger partial charge on any atom is -0.494 e. The summed E-state index contributed by atoms with van der Waals surface area (Å²) < 4.78 is 5.97. The molecule has 2 rings (SSSR count). The summed E-state index contributed by atoms with van der Waals surface area (Å²) in [6.07, 6.45) is 21.0. The number of unbranched alkanes of at least 4 members (excludes halogenated alkanes) is 6. The lowest BCUT2D eigenvalue weighted by molar-refractivity contribution is 0.230. The molecule has 164 valence electrons. The number of rotatable bonds is 15. The maximum atomic E-state index is 5.97. The van der Waals surface area contributed by atoms with E-state index in [1.807, 2.05) is 0 Å². The van der Waals surface area contributed by atoms with Crippen LogP contribution in [0.4, 0.5) is 0 Å². The highest BCUT2D eigenvalue weighted by atomic mass is 16.5. The SMILES string of the molecule is C=CCC(c1ccc(OCCCCCCC)cc1)[C@H]1CC[C@H](CCCCC)CC1. The molecule has 1 saturated carbocycles. The fraction of sp³-hybridized carbons (Fsp3) is 0.714. The van der Waals surface area contributed by atoms with Crippen LogP contribution in [0.1, 0.15) is 115 Å². The van der Waals surface area contributed by atoms with E-state index in [9.17, 15) is 0 Å². The van der Waals surface area contributed by atoms with Crippen LogP contribution in [0.3, 0.4) is 0 Å². The molecule has 1 fully saturated rings. The van der Waals surface area contributed by atoms with Crippen LogP contribution in [0, 0.1) is 11.8 Å². The topological polar surface area (TPSA) is 9.23 Å². The van der Waals surface area contributed by atoms with E-state index >= 15 is 0 Å². The maximum Gasteiger partial charge on any atom is 0.119 e. The van der Waals surface area contributed by atoms with E-state index in [2.05, 4.69) is 50.8 Å². The predicted molar refractivity (Wildman–Crippen MR) is 128 cm³/mol. The Morgan fingerprint density at radius 3 is 2.21 bits per heavy atom. The molecule has 1 aromatic carbocycles. The average Bonchev–Trinajstić information content (AvgIpc) is 2.76. The van der Waals surface area contributed by atoms with Gasteiger partial charge in [-0.1, -0.05) is 96.3 Å². The van der Waals surface area contributed by atoms with Gasteiger partial charge in [0.25, 0.3) is 0 Å². The Bertz CT molecular complexity index is 524. The molecular formula is C28H46O. The minimum absolute atomic E-state index is 0.632. The quantitative estimate of drug-likeness (QED) is 0.211. The van der Waals surface area contributed by atoms with Gasteiger partial charge in [0.2, 0.25) is 0 Å². The smallest absolute Gasteiger partial charge is 0.119 e. The molecule has 0 N–H and O–H groups in total. The molecule has 0 spiro atoms. The van der Waals surface area contributed by atoms with Crippen molar-refractivity contribution in [2.24, 2.45) is 11.8 Å². The molecule has 0 heterocycles. The highest BCUT2D eigenvalue weighted by molar-refractivity contribution is 5.30. The van der Waals surface area contributed by atoms with Crippen molar-refractivity contribution in [3.05, 3.63) is 42.5 Å². The molecular weight excluding hydrogens is 352 g/mol. The largest absolute Gasteiger partial charge is 0.494 e. The van der Waals surface area contributed by atoms with Gasteiger partial charge in [-0.3, -0.25) is 0 Å². The first-order valence-corrected chi connectivity index (χ1v) is 12.6. The Balaban J connectivity index is 1.80. The monoisotopic (exact) mass is 398 g/mol. The third kappa shape index (κ3) is 8.97. The third-order valence-corrected chi connectivity index (χ3v) is 6.92. The van der Waals surface area contributed by atoms with Crippen molar-refractivity contribution in [3.63, 3.8) is 0 Å².